The quantitative estimate of drug-likeness (QED) is 0.335. The Bertz CT molecular complexity index is 1260. The first-order chi connectivity index (χ1) is 20.1. The van der Waals surface area contributed by atoms with Crippen LogP contribution < -0.4 is 5.32 Å². The van der Waals surface area contributed by atoms with Crippen LogP contribution >= 0.6 is 23.2 Å². The Balaban J connectivity index is 1.46. The minimum Gasteiger partial charge on any atom is -0.444 e. The van der Waals surface area contributed by atoms with E-state index in [2.05, 4.69) is 40.5 Å². The van der Waals surface area contributed by atoms with Crippen LogP contribution in [0.5, 0.6) is 0 Å². The average molecular weight is 631 g/mol. The van der Waals surface area contributed by atoms with Gasteiger partial charge in [0.05, 0.1) is 15.6 Å². The highest BCUT2D eigenvalue weighted by Gasteiger charge is 2.42. The molecule has 2 aliphatic rings. The van der Waals surface area contributed by atoms with E-state index in [-0.39, 0.29) is 23.0 Å². The minimum atomic E-state index is -0.545. The normalized spacial score (nSPS) is 21.3. The summed E-state index contributed by atoms with van der Waals surface area (Å²) in [6, 6.07) is 16.3. The highest BCUT2D eigenvalue weighted by molar-refractivity contribution is 6.42. The Hall–Kier alpha value is -2.28. The molecule has 0 aromatic heterocycles. The summed E-state index contributed by atoms with van der Waals surface area (Å²) in [5, 5.41) is 4.52. The number of nitrogens with one attached hydrogen (secondary N) is 1. The Labute approximate surface area is 268 Å². The molecule has 2 aromatic rings. The molecule has 236 valence electrons. The van der Waals surface area contributed by atoms with E-state index in [0.717, 1.165) is 63.7 Å². The summed E-state index contributed by atoms with van der Waals surface area (Å²) in [5.74, 6) is 0.0835. The highest BCUT2D eigenvalue weighted by Crippen LogP contribution is 2.41. The van der Waals surface area contributed by atoms with Crippen LogP contribution in [0.2, 0.25) is 10.0 Å². The summed E-state index contributed by atoms with van der Waals surface area (Å²) in [4.78, 5) is 30.6. The molecule has 1 atom stereocenters. The van der Waals surface area contributed by atoms with Gasteiger partial charge in [-0.2, -0.15) is 0 Å². The number of ether oxygens (including phenoxy) is 1. The first-order valence-corrected chi connectivity index (χ1v) is 16.4. The van der Waals surface area contributed by atoms with Crippen LogP contribution in [0.1, 0.15) is 91.2 Å². The molecule has 8 heteroatoms. The lowest BCUT2D eigenvalue weighted by molar-refractivity contribution is -0.131. The summed E-state index contributed by atoms with van der Waals surface area (Å²) >= 11 is 12.8. The number of halogens is 2. The third-order valence-corrected chi connectivity index (χ3v) is 9.70. The van der Waals surface area contributed by atoms with Crippen molar-refractivity contribution in [1.29, 1.82) is 0 Å². The summed E-state index contributed by atoms with van der Waals surface area (Å²) in [7, 11) is 0. The Morgan fingerprint density at radius 2 is 1.56 bits per heavy atom. The SMILES string of the molecule is CC(C)(C)OC(=O)N1CCCC(CCCN2CCC(NC(=O)C(C)(C)C)(c3ccccc3)CC2)(c2ccc(Cl)c(Cl)c2)C1. The van der Waals surface area contributed by atoms with Gasteiger partial charge in [0.25, 0.3) is 0 Å². The first-order valence-electron chi connectivity index (χ1n) is 15.7. The maximum Gasteiger partial charge on any atom is 0.410 e. The number of carbonyl (C=O) groups excluding carboxylic acids is 2. The van der Waals surface area contributed by atoms with Gasteiger partial charge in [-0.05, 0) is 89.1 Å². The van der Waals surface area contributed by atoms with Gasteiger partial charge in [-0.1, -0.05) is 80.4 Å². The molecular weight excluding hydrogens is 581 g/mol. The fourth-order valence-corrected chi connectivity index (χ4v) is 6.77. The molecule has 0 aliphatic carbocycles. The molecule has 0 spiro atoms. The van der Waals surface area contributed by atoms with Gasteiger partial charge in [0.1, 0.15) is 5.60 Å². The zero-order chi connectivity index (χ0) is 31.5. The van der Waals surface area contributed by atoms with E-state index >= 15 is 0 Å². The van der Waals surface area contributed by atoms with E-state index in [4.69, 9.17) is 27.9 Å². The monoisotopic (exact) mass is 629 g/mol. The molecule has 43 heavy (non-hydrogen) atoms. The lowest BCUT2D eigenvalue weighted by atomic mass is 9.71. The zero-order valence-electron chi connectivity index (χ0n) is 26.8. The zero-order valence-corrected chi connectivity index (χ0v) is 28.3. The first kappa shape index (κ1) is 33.6. The van der Waals surface area contributed by atoms with Crippen molar-refractivity contribution in [1.82, 2.24) is 15.1 Å². The van der Waals surface area contributed by atoms with Crippen LogP contribution in [0, 0.1) is 5.41 Å². The average Bonchev–Trinajstić information content (AvgIpc) is 2.94. The molecule has 2 aliphatic heterocycles. The van der Waals surface area contributed by atoms with Crippen molar-refractivity contribution >= 4 is 35.2 Å². The van der Waals surface area contributed by atoms with Crippen LogP contribution in [-0.2, 0) is 20.5 Å². The largest absolute Gasteiger partial charge is 0.444 e. The molecule has 1 N–H and O–H groups in total. The lowest BCUT2D eigenvalue weighted by Gasteiger charge is -2.45. The molecular formula is C35H49Cl2N3O3. The van der Waals surface area contributed by atoms with Gasteiger partial charge < -0.3 is 19.9 Å². The fourth-order valence-electron chi connectivity index (χ4n) is 6.47. The molecule has 1 unspecified atom stereocenters. The topological polar surface area (TPSA) is 61.9 Å². The molecule has 0 saturated carbocycles. The number of nitrogens with zero attached hydrogens (tertiary/aromatic N) is 2. The van der Waals surface area contributed by atoms with Gasteiger partial charge in [-0.3, -0.25) is 4.79 Å². The van der Waals surface area contributed by atoms with Crippen molar-refractivity contribution in [2.24, 2.45) is 5.41 Å². The number of benzene rings is 2. The number of likely N-dealkylation sites (tertiary alicyclic amines) is 2. The number of carbonyl (C=O) groups is 2. The molecule has 6 nitrogen and oxygen atoms in total. The third-order valence-electron chi connectivity index (χ3n) is 8.96. The summed E-state index contributed by atoms with van der Waals surface area (Å²) in [6.45, 7) is 15.7. The van der Waals surface area contributed by atoms with Crippen molar-refractivity contribution in [2.45, 2.75) is 96.6 Å². The van der Waals surface area contributed by atoms with E-state index in [1.165, 1.54) is 5.56 Å². The van der Waals surface area contributed by atoms with E-state index < -0.39 is 11.0 Å². The number of piperidine rings is 2. The molecule has 2 amide bonds. The van der Waals surface area contributed by atoms with Crippen LogP contribution in [0.25, 0.3) is 0 Å². The second-order valence-corrected chi connectivity index (χ2v) is 15.3. The van der Waals surface area contributed by atoms with Crippen molar-refractivity contribution in [3.05, 3.63) is 69.7 Å². The molecule has 2 fully saturated rings. The van der Waals surface area contributed by atoms with Gasteiger partial charge in [0, 0.05) is 37.0 Å². The Morgan fingerprint density at radius 3 is 2.16 bits per heavy atom. The molecule has 0 radical (unpaired) electrons. The molecule has 2 heterocycles. The molecule has 4 rings (SSSR count). The lowest BCUT2D eigenvalue weighted by Crippen LogP contribution is -2.55. The van der Waals surface area contributed by atoms with Gasteiger partial charge in [-0.25, -0.2) is 4.79 Å². The molecule has 0 bridgehead atoms. The fraction of sp³-hybridized carbons (Fsp3) is 0.600. The van der Waals surface area contributed by atoms with Crippen LogP contribution in [-0.4, -0.2) is 60.1 Å². The second kappa shape index (κ2) is 13.4. The maximum absolute atomic E-state index is 13.1. The third kappa shape index (κ3) is 8.46. The Kier molecular flexibility index (Phi) is 10.5. The van der Waals surface area contributed by atoms with E-state index in [0.29, 0.717) is 23.1 Å². The van der Waals surface area contributed by atoms with Crippen molar-refractivity contribution in [3.8, 4) is 0 Å². The summed E-state index contributed by atoms with van der Waals surface area (Å²) < 4.78 is 5.75. The Morgan fingerprint density at radius 1 is 0.884 bits per heavy atom. The van der Waals surface area contributed by atoms with Gasteiger partial charge in [-0.15, -0.1) is 0 Å². The number of rotatable bonds is 7. The molecule has 2 saturated heterocycles. The van der Waals surface area contributed by atoms with Gasteiger partial charge >= 0.3 is 6.09 Å². The summed E-state index contributed by atoms with van der Waals surface area (Å²) in [6.07, 6.45) is 5.24. The predicted octanol–water partition coefficient (Wildman–Crippen LogP) is 8.20. The van der Waals surface area contributed by atoms with Crippen LogP contribution in [0.4, 0.5) is 4.79 Å². The van der Waals surface area contributed by atoms with E-state index in [9.17, 15) is 9.59 Å². The van der Waals surface area contributed by atoms with Crippen LogP contribution in [0.3, 0.4) is 0 Å². The number of hydrogen-bond donors (Lipinski definition) is 1. The van der Waals surface area contributed by atoms with Crippen LogP contribution in [0.15, 0.2) is 48.5 Å². The van der Waals surface area contributed by atoms with Gasteiger partial charge in [0.15, 0.2) is 0 Å². The standard InChI is InChI=1S/C35H49Cl2N3O3/c1-32(2,3)30(41)38-35(26-12-8-7-9-13-26)18-22-39(23-19-35)20-10-16-34(27-14-15-28(36)29(37)24-27)17-11-21-40(25-34)31(42)43-33(4,5)6/h7-9,12-15,24H,10-11,16-23,25H2,1-6H3,(H,38,41). The number of amides is 2. The smallest absolute Gasteiger partial charge is 0.410 e. The second-order valence-electron chi connectivity index (χ2n) is 14.5. The maximum atomic E-state index is 13.1. The molecule has 2 aromatic carbocycles. The predicted molar refractivity (Wildman–Crippen MR) is 176 cm³/mol. The van der Waals surface area contributed by atoms with E-state index in [1.807, 2.05) is 64.6 Å². The van der Waals surface area contributed by atoms with E-state index in [1.54, 1.807) is 0 Å². The van der Waals surface area contributed by atoms with Crippen molar-refractivity contribution in [2.75, 3.05) is 32.7 Å². The highest BCUT2D eigenvalue weighted by atomic mass is 35.5. The van der Waals surface area contributed by atoms with Crippen molar-refractivity contribution < 1.29 is 14.3 Å². The summed E-state index contributed by atoms with van der Waals surface area (Å²) in [5.41, 5.74) is 0.715. The minimum absolute atomic E-state index is 0.0835. The van der Waals surface area contributed by atoms with Gasteiger partial charge in [0.2, 0.25) is 5.91 Å². The number of hydrogen-bond acceptors (Lipinski definition) is 4. The van der Waals surface area contributed by atoms with Crippen molar-refractivity contribution in [3.63, 3.8) is 0 Å².